The molecule has 0 saturated heterocycles. The SMILES string of the molecule is CCCC(C)C(=O)Cc1cc(F)ccc1Cl. The first-order valence-electron chi connectivity index (χ1n) is 5.51. The molecule has 3 heteroatoms. The molecule has 0 aliphatic heterocycles. The Morgan fingerprint density at radius 2 is 2.19 bits per heavy atom. The first kappa shape index (κ1) is 13.2. The number of hydrogen-bond donors (Lipinski definition) is 0. The molecule has 1 aromatic rings. The summed E-state index contributed by atoms with van der Waals surface area (Å²) in [6.45, 7) is 3.94. The molecule has 0 aliphatic rings. The first-order valence-corrected chi connectivity index (χ1v) is 5.89. The fourth-order valence-electron chi connectivity index (χ4n) is 1.63. The Labute approximate surface area is 101 Å². The first-order chi connectivity index (χ1) is 7.54. The highest BCUT2D eigenvalue weighted by Gasteiger charge is 2.14. The van der Waals surface area contributed by atoms with Gasteiger partial charge >= 0.3 is 0 Å². The predicted octanol–water partition coefficient (Wildman–Crippen LogP) is 4.03. The summed E-state index contributed by atoms with van der Waals surface area (Å²) < 4.78 is 13.0. The van der Waals surface area contributed by atoms with Gasteiger partial charge in [-0.25, -0.2) is 4.39 Å². The Balaban J connectivity index is 2.72. The molecule has 0 spiro atoms. The second-order valence-corrected chi connectivity index (χ2v) is 4.48. The average molecular weight is 243 g/mol. The van der Waals surface area contributed by atoms with Gasteiger partial charge in [0, 0.05) is 17.4 Å². The third-order valence-corrected chi connectivity index (χ3v) is 3.01. The van der Waals surface area contributed by atoms with E-state index in [4.69, 9.17) is 11.6 Å². The Morgan fingerprint density at radius 3 is 2.81 bits per heavy atom. The Kier molecular flexibility index (Phi) is 4.94. The largest absolute Gasteiger partial charge is 0.299 e. The lowest BCUT2D eigenvalue weighted by atomic mass is 9.96. The molecule has 1 atom stereocenters. The summed E-state index contributed by atoms with van der Waals surface area (Å²) >= 11 is 5.90. The predicted molar refractivity (Wildman–Crippen MR) is 64.2 cm³/mol. The molecule has 0 aliphatic carbocycles. The molecule has 1 nitrogen and oxygen atoms in total. The van der Waals surface area contributed by atoms with E-state index in [0.29, 0.717) is 10.6 Å². The number of rotatable bonds is 5. The van der Waals surface area contributed by atoms with E-state index < -0.39 is 0 Å². The fraction of sp³-hybridized carbons (Fsp3) is 0.462. The van der Waals surface area contributed by atoms with Crippen molar-refractivity contribution in [2.24, 2.45) is 5.92 Å². The zero-order valence-corrected chi connectivity index (χ0v) is 10.4. The van der Waals surface area contributed by atoms with E-state index in [1.54, 1.807) is 0 Å². The number of carbonyl (C=O) groups excluding carboxylic acids is 1. The van der Waals surface area contributed by atoms with Crippen LogP contribution in [0, 0.1) is 11.7 Å². The molecule has 0 aromatic heterocycles. The molecule has 1 rings (SSSR count). The summed E-state index contributed by atoms with van der Waals surface area (Å²) in [5.74, 6) is -0.214. The van der Waals surface area contributed by atoms with Crippen LogP contribution in [0.1, 0.15) is 32.3 Å². The second-order valence-electron chi connectivity index (χ2n) is 4.07. The van der Waals surface area contributed by atoms with Crippen LogP contribution in [0.2, 0.25) is 5.02 Å². The number of ketones is 1. The van der Waals surface area contributed by atoms with Gasteiger partial charge in [-0.15, -0.1) is 0 Å². The van der Waals surface area contributed by atoms with E-state index in [0.717, 1.165) is 12.8 Å². The highest BCUT2D eigenvalue weighted by molar-refractivity contribution is 6.31. The van der Waals surface area contributed by atoms with Gasteiger partial charge in [0.1, 0.15) is 11.6 Å². The van der Waals surface area contributed by atoms with Crippen LogP contribution in [-0.4, -0.2) is 5.78 Å². The molecule has 16 heavy (non-hydrogen) atoms. The maximum absolute atomic E-state index is 13.0. The van der Waals surface area contributed by atoms with Crippen LogP contribution in [0.15, 0.2) is 18.2 Å². The van der Waals surface area contributed by atoms with E-state index in [9.17, 15) is 9.18 Å². The van der Waals surface area contributed by atoms with Crippen molar-refractivity contribution in [2.45, 2.75) is 33.1 Å². The van der Waals surface area contributed by atoms with E-state index in [2.05, 4.69) is 0 Å². The molecule has 0 fully saturated rings. The van der Waals surface area contributed by atoms with Crippen LogP contribution < -0.4 is 0 Å². The summed E-state index contributed by atoms with van der Waals surface area (Å²) in [6.07, 6.45) is 2.06. The maximum atomic E-state index is 13.0. The zero-order chi connectivity index (χ0) is 12.1. The van der Waals surface area contributed by atoms with E-state index >= 15 is 0 Å². The molecular weight excluding hydrogens is 227 g/mol. The monoisotopic (exact) mass is 242 g/mol. The molecule has 88 valence electrons. The van der Waals surface area contributed by atoms with Gasteiger partial charge in [-0.1, -0.05) is 31.9 Å². The molecule has 0 radical (unpaired) electrons. The van der Waals surface area contributed by atoms with Crippen molar-refractivity contribution in [1.29, 1.82) is 0 Å². The molecule has 0 amide bonds. The maximum Gasteiger partial charge on any atom is 0.140 e. The minimum absolute atomic E-state index is 0.0179. The molecule has 0 heterocycles. The number of benzene rings is 1. The summed E-state index contributed by atoms with van der Waals surface area (Å²) in [5.41, 5.74) is 0.578. The minimum atomic E-state index is -0.352. The van der Waals surface area contributed by atoms with Crippen LogP contribution in [-0.2, 0) is 11.2 Å². The lowest BCUT2D eigenvalue weighted by Gasteiger charge is -2.09. The van der Waals surface area contributed by atoms with Gasteiger partial charge in [0.15, 0.2) is 0 Å². The highest BCUT2D eigenvalue weighted by Crippen LogP contribution is 2.20. The van der Waals surface area contributed by atoms with Crippen LogP contribution in [0.3, 0.4) is 0 Å². The summed E-state index contributed by atoms with van der Waals surface area (Å²) in [7, 11) is 0. The van der Waals surface area contributed by atoms with Gasteiger partial charge in [0.2, 0.25) is 0 Å². The van der Waals surface area contributed by atoms with Crippen molar-refractivity contribution in [1.82, 2.24) is 0 Å². The van der Waals surface area contributed by atoms with Crippen LogP contribution >= 0.6 is 11.6 Å². The van der Waals surface area contributed by atoms with Crippen molar-refractivity contribution in [3.05, 3.63) is 34.6 Å². The standard InChI is InChI=1S/C13H16ClFO/c1-3-4-9(2)13(16)8-10-7-11(15)5-6-12(10)14/h5-7,9H,3-4,8H2,1-2H3. The number of carbonyl (C=O) groups is 1. The summed E-state index contributed by atoms with van der Waals surface area (Å²) in [5, 5.41) is 0.457. The van der Waals surface area contributed by atoms with Gasteiger partial charge in [0.25, 0.3) is 0 Å². The Bertz CT molecular complexity index is 376. The molecule has 1 aromatic carbocycles. The molecule has 0 bridgehead atoms. The van der Waals surface area contributed by atoms with Gasteiger partial charge in [-0.2, -0.15) is 0 Å². The van der Waals surface area contributed by atoms with Crippen molar-refractivity contribution < 1.29 is 9.18 Å². The Hall–Kier alpha value is -0.890. The van der Waals surface area contributed by atoms with Gasteiger partial charge in [-0.3, -0.25) is 4.79 Å². The van der Waals surface area contributed by atoms with E-state index in [1.165, 1.54) is 18.2 Å². The number of halogens is 2. The smallest absolute Gasteiger partial charge is 0.140 e. The quantitative estimate of drug-likeness (QED) is 0.762. The van der Waals surface area contributed by atoms with E-state index in [1.807, 2.05) is 13.8 Å². The lowest BCUT2D eigenvalue weighted by molar-refractivity contribution is -0.121. The topological polar surface area (TPSA) is 17.1 Å². The van der Waals surface area contributed by atoms with Crippen molar-refractivity contribution in [3.63, 3.8) is 0 Å². The summed E-state index contributed by atoms with van der Waals surface area (Å²) in [6, 6.07) is 4.12. The highest BCUT2D eigenvalue weighted by atomic mass is 35.5. The van der Waals surface area contributed by atoms with Gasteiger partial charge in [0.05, 0.1) is 0 Å². The van der Waals surface area contributed by atoms with Crippen LogP contribution in [0.4, 0.5) is 4.39 Å². The molecular formula is C13H16ClFO. The number of Topliss-reactive ketones (excluding diaryl/α,β-unsaturated/α-hetero) is 1. The molecule has 0 N–H and O–H groups in total. The minimum Gasteiger partial charge on any atom is -0.299 e. The van der Waals surface area contributed by atoms with E-state index in [-0.39, 0.29) is 23.9 Å². The lowest BCUT2D eigenvalue weighted by Crippen LogP contribution is -2.13. The van der Waals surface area contributed by atoms with Gasteiger partial charge < -0.3 is 0 Å². The molecule has 0 saturated carbocycles. The number of hydrogen-bond acceptors (Lipinski definition) is 1. The third-order valence-electron chi connectivity index (χ3n) is 2.64. The third kappa shape index (κ3) is 3.60. The van der Waals surface area contributed by atoms with Crippen LogP contribution in [0.25, 0.3) is 0 Å². The normalized spacial score (nSPS) is 12.5. The van der Waals surface area contributed by atoms with Crippen molar-refractivity contribution in [2.75, 3.05) is 0 Å². The van der Waals surface area contributed by atoms with Crippen molar-refractivity contribution >= 4 is 17.4 Å². The summed E-state index contributed by atoms with van der Waals surface area (Å²) in [4.78, 5) is 11.8. The van der Waals surface area contributed by atoms with Crippen molar-refractivity contribution in [3.8, 4) is 0 Å². The van der Waals surface area contributed by atoms with Gasteiger partial charge in [-0.05, 0) is 30.2 Å². The zero-order valence-electron chi connectivity index (χ0n) is 9.59. The van der Waals surface area contributed by atoms with Crippen LogP contribution in [0.5, 0.6) is 0 Å². The fourth-order valence-corrected chi connectivity index (χ4v) is 1.82. The molecule has 1 unspecified atom stereocenters. The second kappa shape index (κ2) is 6.00. The average Bonchev–Trinajstić information content (AvgIpc) is 2.23. The Morgan fingerprint density at radius 1 is 1.50 bits per heavy atom.